The molecule has 2 heterocycles. The Morgan fingerprint density at radius 1 is 1.00 bits per heavy atom. The molecular weight excluding hydrogens is 486 g/mol. The van der Waals surface area contributed by atoms with E-state index in [1.54, 1.807) is 34.5 Å². The van der Waals surface area contributed by atoms with Gasteiger partial charge in [0.2, 0.25) is 11.8 Å². The third kappa shape index (κ3) is 6.95. The van der Waals surface area contributed by atoms with Crippen LogP contribution in [0, 0.1) is 6.92 Å². The predicted molar refractivity (Wildman–Crippen MR) is 147 cm³/mol. The maximum atomic E-state index is 12.9. The van der Waals surface area contributed by atoms with Crippen LogP contribution in [0.15, 0.2) is 60.0 Å². The lowest BCUT2D eigenvalue weighted by molar-refractivity contribution is -0.130. The molecule has 0 radical (unpaired) electrons. The van der Waals surface area contributed by atoms with E-state index in [1.165, 1.54) is 22.6 Å². The summed E-state index contributed by atoms with van der Waals surface area (Å²) in [5.74, 6) is -0.446. The summed E-state index contributed by atoms with van der Waals surface area (Å²) >= 11 is 1.29. The molecule has 0 unspecified atom stereocenters. The number of amides is 3. The highest BCUT2D eigenvalue weighted by molar-refractivity contribution is 7.13. The molecule has 3 amide bonds. The van der Waals surface area contributed by atoms with Crippen molar-refractivity contribution in [3.05, 3.63) is 76.8 Å². The van der Waals surface area contributed by atoms with E-state index in [-0.39, 0.29) is 30.7 Å². The van der Waals surface area contributed by atoms with Crippen LogP contribution in [0.5, 0.6) is 0 Å². The molecule has 0 saturated carbocycles. The number of benzene rings is 2. The van der Waals surface area contributed by atoms with Gasteiger partial charge >= 0.3 is 0 Å². The lowest BCUT2D eigenvalue weighted by Crippen LogP contribution is -2.49. The van der Waals surface area contributed by atoms with E-state index in [0.29, 0.717) is 36.0 Å². The number of rotatable bonds is 9. The topological polar surface area (TPSA) is 85.8 Å². The molecule has 1 N–H and O–H groups in total. The Labute approximate surface area is 221 Å². The Bertz CT molecular complexity index is 1220. The van der Waals surface area contributed by atoms with Crippen molar-refractivity contribution < 1.29 is 14.4 Å². The van der Waals surface area contributed by atoms with Crippen molar-refractivity contribution in [3.8, 4) is 0 Å². The van der Waals surface area contributed by atoms with Gasteiger partial charge < -0.3 is 20.0 Å². The Hall–Kier alpha value is -3.72. The van der Waals surface area contributed by atoms with Crippen molar-refractivity contribution >= 4 is 39.9 Å². The minimum Gasteiger partial charge on any atom is -0.368 e. The van der Waals surface area contributed by atoms with Crippen molar-refractivity contribution in [2.24, 2.45) is 0 Å². The van der Waals surface area contributed by atoms with E-state index in [4.69, 9.17) is 0 Å². The van der Waals surface area contributed by atoms with Crippen molar-refractivity contribution in [3.63, 3.8) is 0 Å². The SMILES string of the molecule is CCCN(CC(=O)Nc1nc(CC(=O)N2CCN(c3ccccc3C)CC2)cs1)C(=O)c1ccccc1. The van der Waals surface area contributed by atoms with Crippen molar-refractivity contribution in [2.75, 3.05) is 49.5 Å². The highest BCUT2D eigenvalue weighted by atomic mass is 32.1. The standard InChI is InChI=1S/C28H33N5O3S/c1-3-13-33(27(36)22-10-5-4-6-11-22)19-25(34)30-28-29-23(20-37-28)18-26(35)32-16-14-31(15-17-32)24-12-8-7-9-21(24)2/h4-12,20H,3,13-19H2,1-2H3,(H,29,30,34). The number of aryl methyl sites for hydroxylation is 1. The average Bonchev–Trinajstić information content (AvgIpc) is 3.35. The highest BCUT2D eigenvalue weighted by Gasteiger charge is 2.23. The number of para-hydroxylation sites is 1. The maximum Gasteiger partial charge on any atom is 0.254 e. The first-order valence-corrected chi connectivity index (χ1v) is 13.5. The monoisotopic (exact) mass is 519 g/mol. The minimum absolute atomic E-state index is 0.0372. The van der Waals surface area contributed by atoms with Crippen LogP contribution in [-0.2, 0) is 16.0 Å². The minimum atomic E-state index is -0.308. The molecule has 4 rings (SSSR count). The number of thiazole rings is 1. The molecule has 0 spiro atoms. The summed E-state index contributed by atoms with van der Waals surface area (Å²) in [6.07, 6.45) is 0.944. The van der Waals surface area contributed by atoms with E-state index in [9.17, 15) is 14.4 Å². The van der Waals surface area contributed by atoms with Gasteiger partial charge in [0.05, 0.1) is 12.1 Å². The smallest absolute Gasteiger partial charge is 0.254 e. The first-order chi connectivity index (χ1) is 17.9. The van der Waals surface area contributed by atoms with Gasteiger partial charge in [-0.3, -0.25) is 14.4 Å². The van der Waals surface area contributed by atoms with Crippen molar-refractivity contribution in [2.45, 2.75) is 26.7 Å². The second-order valence-electron chi connectivity index (χ2n) is 9.12. The molecule has 37 heavy (non-hydrogen) atoms. The number of hydrogen-bond acceptors (Lipinski definition) is 6. The van der Waals surface area contributed by atoms with Crippen LogP contribution < -0.4 is 10.2 Å². The first-order valence-electron chi connectivity index (χ1n) is 12.6. The molecule has 9 heteroatoms. The van der Waals surface area contributed by atoms with Crippen LogP contribution in [-0.4, -0.2) is 71.8 Å². The summed E-state index contributed by atoms with van der Waals surface area (Å²) in [7, 11) is 0. The van der Waals surface area contributed by atoms with Gasteiger partial charge in [-0.15, -0.1) is 11.3 Å². The normalized spacial score (nSPS) is 13.4. The summed E-state index contributed by atoms with van der Waals surface area (Å²) < 4.78 is 0. The lowest BCUT2D eigenvalue weighted by atomic mass is 10.1. The number of nitrogens with zero attached hydrogens (tertiary/aromatic N) is 4. The molecule has 1 fully saturated rings. The van der Waals surface area contributed by atoms with Gasteiger partial charge in [0.25, 0.3) is 5.91 Å². The molecule has 0 atom stereocenters. The molecule has 194 valence electrons. The molecule has 1 aliphatic rings. The Balaban J connectivity index is 1.27. The van der Waals surface area contributed by atoms with Crippen LogP contribution in [0.1, 0.15) is 35.0 Å². The first kappa shape index (κ1) is 26.3. The zero-order valence-electron chi connectivity index (χ0n) is 21.4. The van der Waals surface area contributed by atoms with Crippen LogP contribution in [0.3, 0.4) is 0 Å². The highest BCUT2D eigenvalue weighted by Crippen LogP contribution is 2.22. The summed E-state index contributed by atoms with van der Waals surface area (Å²) in [6.45, 7) is 7.43. The molecule has 2 aromatic carbocycles. The molecular formula is C28H33N5O3S. The maximum absolute atomic E-state index is 12.9. The van der Waals surface area contributed by atoms with Crippen LogP contribution in [0.2, 0.25) is 0 Å². The molecule has 1 aliphatic heterocycles. The summed E-state index contributed by atoms with van der Waals surface area (Å²) in [5.41, 5.74) is 3.65. The quantitative estimate of drug-likeness (QED) is 0.464. The molecule has 0 aliphatic carbocycles. The molecule has 8 nitrogen and oxygen atoms in total. The van der Waals surface area contributed by atoms with Crippen LogP contribution in [0.25, 0.3) is 0 Å². The number of piperazine rings is 1. The predicted octanol–water partition coefficient (Wildman–Crippen LogP) is 3.83. The van der Waals surface area contributed by atoms with Crippen molar-refractivity contribution in [1.82, 2.24) is 14.8 Å². The third-order valence-corrected chi connectivity index (χ3v) is 7.16. The van der Waals surface area contributed by atoms with Gasteiger partial charge in [0, 0.05) is 49.4 Å². The van der Waals surface area contributed by atoms with E-state index < -0.39 is 0 Å². The molecule has 1 aromatic heterocycles. The van der Waals surface area contributed by atoms with Crippen LogP contribution in [0.4, 0.5) is 10.8 Å². The summed E-state index contributed by atoms with van der Waals surface area (Å²) in [6, 6.07) is 17.3. The lowest BCUT2D eigenvalue weighted by Gasteiger charge is -2.36. The molecule has 1 saturated heterocycles. The van der Waals surface area contributed by atoms with Gasteiger partial charge in [-0.1, -0.05) is 43.3 Å². The fraction of sp³-hybridized carbons (Fsp3) is 0.357. The van der Waals surface area contributed by atoms with E-state index in [0.717, 1.165) is 19.5 Å². The van der Waals surface area contributed by atoms with Gasteiger partial charge in [0.1, 0.15) is 6.54 Å². The number of carbonyl (C=O) groups is 3. The van der Waals surface area contributed by atoms with Crippen molar-refractivity contribution in [1.29, 1.82) is 0 Å². The zero-order chi connectivity index (χ0) is 26.2. The Morgan fingerprint density at radius 2 is 1.70 bits per heavy atom. The Kier molecular flexibility index (Phi) is 8.90. The van der Waals surface area contributed by atoms with E-state index in [2.05, 4.69) is 34.3 Å². The third-order valence-electron chi connectivity index (χ3n) is 6.35. The van der Waals surface area contributed by atoms with Gasteiger partial charge in [0.15, 0.2) is 5.13 Å². The Morgan fingerprint density at radius 3 is 2.41 bits per heavy atom. The largest absolute Gasteiger partial charge is 0.368 e. The van der Waals surface area contributed by atoms with Gasteiger partial charge in [-0.05, 0) is 37.1 Å². The molecule has 3 aromatic rings. The van der Waals surface area contributed by atoms with E-state index in [1.807, 2.05) is 30.0 Å². The number of aromatic nitrogens is 1. The second kappa shape index (κ2) is 12.5. The second-order valence-corrected chi connectivity index (χ2v) is 9.97. The fourth-order valence-corrected chi connectivity index (χ4v) is 5.17. The number of anilines is 2. The summed E-state index contributed by atoms with van der Waals surface area (Å²) in [5, 5.41) is 5.02. The van der Waals surface area contributed by atoms with E-state index >= 15 is 0 Å². The number of hydrogen-bond donors (Lipinski definition) is 1. The van der Waals surface area contributed by atoms with Crippen LogP contribution >= 0.6 is 11.3 Å². The fourth-order valence-electron chi connectivity index (χ4n) is 4.45. The number of nitrogens with one attached hydrogen (secondary N) is 1. The number of carbonyl (C=O) groups excluding carboxylic acids is 3. The zero-order valence-corrected chi connectivity index (χ0v) is 22.2. The average molecular weight is 520 g/mol. The summed E-state index contributed by atoms with van der Waals surface area (Å²) in [4.78, 5) is 48.5. The van der Waals surface area contributed by atoms with Gasteiger partial charge in [-0.25, -0.2) is 4.98 Å². The molecule has 0 bridgehead atoms. The van der Waals surface area contributed by atoms with Gasteiger partial charge in [-0.2, -0.15) is 0 Å².